The molecule has 68 valence electrons. The van der Waals surface area contributed by atoms with E-state index in [0.717, 1.165) is 0 Å². The minimum Gasteiger partial charge on any atom is -0.391 e. The minimum atomic E-state index is -0.860. The van der Waals surface area contributed by atoms with Crippen molar-refractivity contribution in [2.45, 2.75) is 32.0 Å². The van der Waals surface area contributed by atoms with Crippen LogP contribution in [0.25, 0.3) is 0 Å². The Morgan fingerprint density at radius 1 is 1.33 bits per heavy atom. The molecule has 1 saturated heterocycles. The maximum absolute atomic E-state index is 11.1. The van der Waals surface area contributed by atoms with E-state index >= 15 is 0 Å². The van der Waals surface area contributed by atoms with Crippen LogP contribution >= 0.6 is 0 Å². The summed E-state index contributed by atoms with van der Waals surface area (Å²) in [5, 5.41) is 13.9. The van der Waals surface area contributed by atoms with Gasteiger partial charge < -0.3 is 15.7 Å². The van der Waals surface area contributed by atoms with Crippen molar-refractivity contribution in [3.8, 4) is 0 Å². The monoisotopic (exact) mass is 172 g/mol. The van der Waals surface area contributed by atoms with Gasteiger partial charge in [-0.2, -0.15) is 0 Å². The quantitative estimate of drug-likeness (QED) is 0.444. The third-order valence-electron chi connectivity index (χ3n) is 1.81. The first-order valence-electron chi connectivity index (χ1n) is 3.81. The van der Waals surface area contributed by atoms with Crippen molar-refractivity contribution < 1.29 is 14.7 Å². The molecule has 1 heterocycles. The Kier molecular flexibility index (Phi) is 2.32. The number of carbonyl (C=O) groups excluding carboxylic acids is 2. The second kappa shape index (κ2) is 3.10. The lowest BCUT2D eigenvalue weighted by molar-refractivity contribution is -0.138. The zero-order valence-electron chi connectivity index (χ0n) is 7.00. The normalized spacial score (nSPS) is 32.2. The highest BCUT2D eigenvalue weighted by Crippen LogP contribution is 2.00. The van der Waals surface area contributed by atoms with Crippen molar-refractivity contribution in [3.05, 3.63) is 0 Å². The molecule has 0 radical (unpaired) electrons. The molecule has 0 unspecified atom stereocenters. The van der Waals surface area contributed by atoms with Crippen molar-refractivity contribution in [2.24, 2.45) is 0 Å². The second-order valence-corrected chi connectivity index (χ2v) is 2.96. The molecule has 12 heavy (non-hydrogen) atoms. The topological polar surface area (TPSA) is 78.4 Å². The molecule has 5 heteroatoms. The smallest absolute Gasteiger partial charge is 0.245 e. The molecule has 1 aliphatic rings. The predicted molar refractivity (Wildman–Crippen MR) is 41.2 cm³/mol. The van der Waals surface area contributed by atoms with E-state index in [0.29, 0.717) is 0 Å². The van der Waals surface area contributed by atoms with Gasteiger partial charge in [0.15, 0.2) is 0 Å². The fourth-order valence-corrected chi connectivity index (χ4v) is 1.05. The largest absolute Gasteiger partial charge is 0.391 e. The van der Waals surface area contributed by atoms with E-state index in [1.54, 1.807) is 6.92 Å². The molecular weight excluding hydrogens is 160 g/mol. The van der Waals surface area contributed by atoms with Gasteiger partial charge in [-0.05, 0) is 13.8 Å². The zero-order valence-corrected chi connectivity index (χ0v) is 7.00. The number of aliphatic hydroxyl groups excluding tert-OH is 1. The highest BCUT2D eigenvalue weighted by molar-refractivity contribution is 5.96. The maximum atomic E-state index is 11.1. The van der Waals surface area contributed by atoms with E-state index in [1.807, 2.05) is 0 Å². The summed E-state index contributed by atoms with van der Waals surface area (Å²) in [5.74, 6) is -0.599. The number of hydrogen-bond acceptors (Lipinski definition) is 3. The van der Waals surface area contributed by atoms with E-state index in [4.69, 9.17) is 5.11 Å². The molecule has 1 aliphatic heterocycles. The molecule has 3 N–H and O–H groups in total. The zero-order chi connectivity index (χ0) is 9.30. The lowest BCUT2D eigenvalue weighted by atomic mass is 10.1. The summed E-state index contributed by atoms with van der Waals surface area (Å²) in [6.45, 7) is 3.05. The van der Waals surface area contributed by atoms with Crippen LogP contribution in [0.4, 0.5) is 0 Å². The second-order valence-electron chi connectivity index (χ2n) is 2.96. The minimum absolute atomic E-state index is 0.263. The Morgan fingerprint density at radius 3 is 2.42 bits per heavy atom. The fourth-order valence-electron chi connectivity index (χ4n) is 1.05. The standard InChI is InChI=1S/C7H12N2O3/c1-3-6(11)9-5(4(2)10)7(12)8-3/h3-5,10H,1-2H3,(H,8,12)(H,9,11)/t3-,4-,5-/m0/s1. The number of carbonyl (C=O) groups is 2. The Balaban J connectivity index is 2.68. The Labute approximate surface area is 70.1 Å². The first kappa shape index (κ1) is 8.99. The van der Waals surface area contributed by atoms with Crippen LogP contribution in [0, 0.1) is 0 Å². The molecule has 0 spiro atoms. The number of aliphatic hydroxyl groups is 1. The van der Waals surface area contributed by atoms with Crippen LogP contribution < -0.4 is 10.6 Å². The molecule has 0 aromatic rings. The average molecular weight is 172 g/mol. The maximum Gasteiger partial charge on any atom is 0.245 e. The van der Waals surface area contributed by atoms with Gasteiger partial charge in [-0.3, -0.25) is 9.59 Å². The average Bonchev–Trinajstić information content (AvgIpc) is 1.96. The Morgan fingerprint density at radius 2 is 1.92 bits per heavy atom. The third-order valence-corrected chi connectivity index (χ3v) is 1.81. The first-order valence-corrected chi connectivity index (χ1v) is 3.81. The first-order chi connectivity index (χ1) is 5.52. The Bertz CT molecular complexity index is 215. The fraction of sp³-hybridized carbons (Fsp3) is 0.714. The van der Waals surface area contributed by atoms with Gasteiger partial charge in [0, 0.05) is 0 Å². The van der Waals surface area contributed by atoms with E-state index in [2.05, 4.69) is 10.6 Å². The van der Waals surface area contributed by atoms with Gasteiger partial charge in [0.25, 0.3) is 0 Å². The van der Waals surface area contributed by atoms with E-state index in [-0.39, 0.29) is 11.8 Å². The lowest BCUT2D eigenvalue weighted by Gasteiger charge is -2.28. The van der Waals surface area contributed by atoms with Crippen LogP contribution in [0.3, 0.4) is 0 Å². The molecule has 1 fully saturated rings. The van der Waals surface area contributed by atoms with Crippen molar-refractivity contribution >= 4 is 11.8 Å². The molecule has 0 saturated carbocycles. The highest BCUT2D eigenvalue weighted by Gasteiger charge is 2.33. The van der Waals surface area contributed by atoms with Crippen LogP contribution in [0.5, 0.6) is 0 Å². The van der Waals surface area contributed by atoms with Crippen molar-refractivity contribution in [2.75, 3.05) is 0 Å². The molecule has 0 aromatic carbocycles. The number of amides is 2. The van der Waals surface area contributed by atoms with Gasteiger partial charge in [-0.15, -0.1) is 0 Å². The summed E-state index contributed by atoms with van der Waals surface area (Å²) in [7, 11) is 0. The molecule has 2 amide bonds. The van der Waals surface area contributed by atoms with Crippen LogP contribution in [-0.4, -0.2) is 35.1 Å². The molecule has 0 aromatic heterocycles. The van der Waals surface area contributed by atoms with Crippen molar-refractivity contribution in [1.29, 1.82) is 0 Å². The van der Waals surface area contributed by atoms with Crippen molar-refractivity contribution in [1.82, 2.24) is 10.6 Å². The number of piperazine rings is 1. The summed E-state index contributed by atoms with van der Waals surface area (Å²) in [6, 6.07) is -1.32. The lowest BCUT2D eigenvalue weighted by Crippen LogP contribution is -2.63. The van der Waals surface area contributed by atoms with Crippen molar-refractivity contribution in [3.63, 3.8) is 0 Å². The predicted octanol–water partition coefficient (Wildman–Crippen LogP) is -1.63. The van der Waals surface area contributed by atoms with Crippen LogP contribution in [-0.2, 0) is 9.59 Å². The Hall–Kier alpha value is -1.10. The van der Waals surface area contributed by atoms with Gasteiger partial charge in [0.1, 0.15) is 12.1 Å². The number of hydrogen-bond donors (Lipinski definition) is 3. The number of nitrogens with one attached hydrogen (secondary N) is 2. The molecule has 0 aliphatic carbocycles. The van der Waals surface area contributed by atoms with Gasteiger partial charge in [-0.25, -0.2) is 0 Å². The summed E-state index contributed by atoms with van der Waals surface area (Å²) in [5.41, 5.74) is 0. The summed E-state index contributed by atoms with van der Waals surface area (Å²) >= 11 is 0. The van der Waals surface area contributed by atoms with Crippen LogP contribution in [0.2, 0.25) is 0 Å². The SMILES string of the molecule is C[C@@H]1NC(=O)[C@H]([C@H](C)O)NC1=O. The van der Waals surface area contributed by atoms with Gasteiger partial charge in [0.05, 0.1) is 6.10 Å². The molecular formula is C7H12N2O3. The molecule has 5 nitrogen and oxygen atoms in total. The molecule has 3 atom stereocenters. The van der Waals surface area contributed by atoms with E-state index in [1.165, 1.54) is 6.92 Å². The van der Waals surface area contributed by atoms with Gasteiger partial charge >= 0.3 is 0 Å². The number of rotatable bonds is 1. The molecule has 0 bridgehead atoms. The summed E-state index contributed by atoms with van der Waals surface area (Å²) in [6.07, 6.45) is -0.860. The van der Waals surface area contributed by atoms with E-state index < -0.39 is 18.2 Å². The van der Waals surface area contributed by atoms with Crippen LogP contribution in [0.15, 0.2) is 0 Å². The highest BCUT2D eigenvalue weighted by atomic mass is 16.3. The van der Waals surface area contributed by atoms with Gasteiger partial charge in [-0.1, -0.05) is 0 Å². The molecule has 1 rings (SSSR count). The van der Waals surface area contributed by atoms with Gasteiger partial charge in [0.2, 0.25) is 11.8 Å². The van der Waals surface area contributed by atoms with Crippen LogP contribution in [0.1, 0.15) is 13.8 Å². The third kappa shape index (κ3) is 1.55. The summed E-state index contributed by atoms with van der Waals surface area (Å²) in [4.78, 5) is 22.1. The van der Waals surface area contributed by atoms with E-state index in [9.17, 15) is 9.59 Å². The summed E-state index contributed by atoms with van der Waals surface area (Å²) < 4.78 is 0.